The molecular weight excluding hydrogens is 330 g/mol. The van der Waals surface area contributed by atoms with Crippen LogP contribution >= 0.6 is 0 Å². The molecule has 0 aliphatic heterocycles. The summed E-state index contributed by atoms with van der Waals surface area (Å²) >= 11 is 0. The van der Waals surface area contributed by atoms with Gasteiger partial charge in [-0.05, 0) is 26.0 Å². The van der Waals surface area contributed by atoms with Crippen LogP contribution in [-0.4, -0.2) is 32.3 Å². The molecule has 0 atom stereocenters. The molecule has 3 rings (SSSR count). The molecule has 8 nitrogen and oxygen atoms in total. The molecule has 0 bridgehead atoms. The quantitative estimate of drug-likeness (QED) is 0.520. The van der Waals surface area contributed by atoms with E-state index in [0.29, 0.717) is 24.9 Å². The smallest absolute Gasteiger partial charge is 0.226 e. The van der Waals surface area contributed by atoms with E-state index in [2.05, 4.69) is 37.6 Å². The Bertz CT molecular complexity index is 864. The van der Waals surface area contributed by atoms with E-state index in [1.165, 1.54) is 11.9 Å². The third-order valence-electron chi connectivity index (χ3n) is 3.81. The second-order valence-corrected chi connectivity index (χ2v) is 5.86. The van der Waals surface area contributed by atoms with Crippen LogP contribution in [0.2, 0.25) is 0 Å². The largest absolute Gasteiger partial charge is 0.444 e. The number of oxazole rings is 1. The van der Waals surface area contributed by atoms with Crippen molar-refractivity contribution in [2.75, 3.05) is 6.54 Å². The second-order valence-electron chi connectivity index (χ2n) is 5.86. The summed E-state index contributed by atoms with van der Waals surface area (Å²) in [6, 6.07) is 8.08. The standard InChI is InChI=1S/C18H23N7O/c1-4-19-18(21-10-16-22-12-23-25(16)3)20-9-15-11-26-17(24-15)14-7-5-13(2)6-8-14/h5-8,11-12H,4,9-10H2,1-3H3,(H2,19,20,21). The number of hydrogen-bond acceptors (Lipinski definition) is 5. The summed E-state index contributed by atoms with van der Waals surface area (Å²) in [5, 5.41) is 10.5. The lowest BCUT2D eigenvalue weighted by molar-refractivity contribution is 0.572. The van der Waals surface area contributed by atoms with Crippen molar-refractivity contribution in [1.29, 1.82) is 0 Å². The van der Waals surface area contributed by atoms with E-state index in [-0.39, 0.29) is 0 Å². The van der Waals surface area contributed by atoms with Crippen molar-refractivity contribution in [3.63, 3.8) is 0 Å². The normalized spacial score (nSPS) is 11.6. The SMILES string of the molecule is CCNC(=NCc1coc(-c2ccc(C)cc2)n1)NCc1ncnn1C. The highest BCUT2D eigenvalue weighted by atomic mass is 16.3. The lowest BCUT2D eigenvalue weighted by Gasteiger charge is -2.10. The maximum absolute atomic E-state index is 5.57. The number of hydrogen-bond donors (Lipinski definition) is 2. The van der Waals surface area contributed by atoms with Crippen molar-refractivity contribution >= 4 is 5.96 Å². The van der Waals surface area contributed by atoms with Gasteiger partial charge in [0.25, 0.3) is 0 Å². The number of aliphatic imine (C=N–C) groups is 1. The molecule has 0 amide bonds. The first-order valence-corrected chi connectivity index (χ1v) is 8.52. The highest BCUT2D eigenvalue weighted by Crippen LogP contribution is 2.19. The van der Waals surface area contributed by atoms with Crippen molar-refractivity contribution in [3.05, 3.63) is 53.9 Å². The zero-order valence-electron chi connectivity index (χ0n) is 15.2. The Kier molecular flexibility index (Phi) is 5.62. The maximum atomic E-state index is 5.57. The van der Waals surface area contributed by atoms with Gasteiger partial charge >= 0.3 is 0 Å². The summed E-state index contributed by atoms with van der Waals surface area (Å²) in [5.41, 5.74) is 2.93. The van der Waals surface area contributed by atoms with E-state index >= 15 is 0 Å². The Morgan fingerprint density at radius 3 is 2.73 bits per heavy atom. The first-order chi connectivity index (χ1) is 12.7. The van der Waals surface area contributed by atoms with Crippen LogP contribution in [0.1, 0.15) is 24.0 Å². The third-order valence-corrected chi connectivity index (χ3v) is 3.81. The van der Waals surface area contributed by atoms with Crippen molar-refractivity contribution < 1.29 is 4.42 Å². The number of aromatic nitrogens is 4. The Hall–Kier alpha value is -3.16. The number of nitrogens with zero attached hydrogens (tertiary/aromatic N) is 5. The summed E-state index contributed by atoms with van der Waals surface area (Å²) in [5.74, 6) is 2.13. The number of rotatable bonds is 6. The predicted molar refractivity (Wildman–Crippen MR) is 99.3 cm³/mol. The Balaban J connectivity index is 1.64. The van der Waals surface area contributed by atoms with Gasteiger partial charge in [-0.15, -0.1) is 0 Å². The molecule has 0 saturated heterocycles. The molecule has 136 valence electrons. The van der Waals surface area contributed by atoms with Gasteiger partial charge in [0.2, 0.25) is 5.89 Å². The average molecular weight is 353 g/mol. The van der Waals surface area contributed by atoms with E-state index in [9.17, 15) is 0 Å². The fraction of sp³-hybridized carbons (Fsp3) is 0.333. The molecule has 2 N–H and O–H groups in total. The Morgan fingerprint density at radius 2 is 2.04 bits per heavy atom. The second kappa shape index (κ2) is 8.28. The molecule has 0 saturated carbocycles. The van der Waals surface area contributed by atoms with Crippen LogP contribution in [-0.2, 0) is 20.1 Å². The maximum Gasteiger partial charge on any atom is 0.226 e. The molecule has 8 heteroatoms. The van der Waals surface area contributed by atoms with Crippen LogP contribution in [0.3, 0.4) is 0 Å². The van der Waals surface area contributed by atoms with Gasteiger partial charge in [-0.1, -0.05) is 17.7 Å². The van der Waals surface area contributed by atoms with Gasteiger partial charge in [0.1, 0.15) is 24.1 Å². The molecule has 0 fully saturated rings. The van der Waals surface area contributed by atoms with E-state index in [1.807, 2.05) is 38.2 Å². The van der Waals surface area contributed by atoms with Crippen molar-refractivity contribution in [2.24, 2.45) is 12.0 Å². The van der Waals surface area contributed by atoms with Crippen molar-refractivity contribution in [3.8, 4) is 11.5 Å². The molecule has 2 heterocycles. The third kappa shape index (κ3) is 4.47. The van der Waals surface area contributed by atoms with E-state index in [0.717, 1.165) is 23.6 Å². The zero-order valence-corrected chi connectivity index (χ0v) is 15.2. The van der Waals surface area contributed by atoms with Gasteiger partial charge in [-0.2, -0.15) is 5.10 Å². The van der Waals surface area contributed by atoms with Gasteiger partial charge in [0.15, 0.2) is 5.96 Å². The average Bonchev–Trinajstić information content (AvgIpc) is 3.27. The predicted octanol–water partition coefficient (Wildman–Crippen LogP) is 2.03. The first kappa shape index (κ1) is 17.7. The summed E-state index contributed by atoms with van der Waals surface area (Å²) in [6.07, 6.45) is 3.17. The molecule has 2 aromatic heterocycles. The summed E-state index contributed by atoms with van der Waals surface area (Å²) in [7, 11) is 1.86. The highest BCUT2D eigenvalue weighted by molar-refractivity contribution is 5.79. The molecule has 3 aromatic rings. The molecule has 26 heavy (non-hydrogen) atoms. The van der Waals surface area contributed by atoms with Gasteiger partial charge in [-0.3, -0.25) is 4.68 Å². The molecule has 0 aliphatic rings. The minimum atomic E-state index is 0.420. The molecule has 0 spiro atoms. The topological polar surface area (TPSA) is 93.2 Å². The van der Waals surface area contributed by atoms with Gasteiger partial charge in [0.05, 0.1) is 13.1 Å². The van der Waals surface area contributed by atoms with Crippen molar-refractivity contribution in [1.82, 2.24) is 30.4 Å². The summed E-state index contributed by atoms with van der Waals surface area (Å²) < 4.78 is 7.30. The Morgan fingerprint density at radius 1 is 1.23 bits per heavy atom. The van der Waals surface area contributed by atoms with Crippen LogP contribution in [0.25, 0.3) is 11.5 Å². The molecule has 0 radical (unpaired) electrons. The van der Waals surface area contributed by atoms with Crippen LogP contribution in [0.15, 0.2) is 46.3 Å². The lowest BCUT2D eigenvalue weighted by atomic mass is 10.1. The van der Waals surface area contributed by atoms with E-state index in [1.54, 1.807) is 10.9 Å². The number of nitrogens with one attached hydrogen (secondary N) is 2. The molecule has 0 unspecified atom stereocenters. The molecular formula is C18H23N7O. The monoisotopic (exact) mass is 353 g/mol. The van der Waals surface area contributed by atoms with Crippen LogP contribution in [0.5, 0.6) is 0 Å². The van der Waals surface area contributed by atoms with E-state index in [4.69, 9.17) is 4.42 Å². The summed E-state index contributed by atoms with van der Waals surface area (Å²) in [4.78, 5) is 13.2. The van der Waals surface area contributed by atoms with Gasteiger partial charge in [-0.25, -0.2) is 15.0 Å². The fourth-order valence-electron chi connectivity index (χ4n) is 2.35. The van der Waals surface area contributed by atoms with Crippen LogP contribution < -0.4 is 10.6 Å². The fourth-order valence-corrected chi connectivity index (χ4v) is 2.35. The van der Waals surface area contributed by atoms with Crippen LogP contribution in [0, 0.1) is 6.92 Å². The highest BCUT2D eigenvalue weighted by Gasteiger charge is 2.07. The van der Waals surface area contributed by atoms with Gasteiger partial charge < -0.3 is 15.1 Å². The summed E-state index contributed by atoms with van der Waals surface area (Å²) in [6.45, 7) is 5.79. The van der Waals surface area contributed by atoms with Gasteiger partial charge in [0, 0.05) is 19.2 Å². The Labute approximate surface area is 152 Å². The minimum absolute atomic E-state index is 0.420. The number of aryl methyl sites for hydroxylation is 2. The zero-order chi connectivity index (χ0) is 18.4. The van der Waals surface area contributed by atoms with E-state index < -0.39 is 0 Å². The molecule has 1 aromatic carbocycles. The van der Waals surface area contributed by atoms with Crippen molar-refractivity contribution in [2.45, 2.75) is 26.9 Å². The lowest BCUT2D eigenvalue weighted by Crippen LogP contribution is -2.37. The first-order valence-electron chi connectivity index (χ1n) is 8.52. The molecule has 0 aliphatic carbocycles. The number of benzene rings is 1. The van der Waals surface area contributed by atoms with Crippen LogP contribution in [0.4, 0.5) is 0 Å². The number of guanidine groups is 1. The minimum Gasteiger partial charge on any atom is -0.444 e.